The minimum absolute atomic E-state index is 0.604. The normalized spacial score (nSPS) is 9.81. The van der Waals surface area contributed by atoms with Crippen LogP contribution in [0.1, 0.15) is 5.69 Å². The molecule has 0 bridgehead atoms. The van der Waals surface area contributed by atoms with Gasteiger partial charge in [0.05, 0.1) is 31.2 Å². The summed E-state index contributed by atoms with van der Waals surface area (Å²) in [4.78, 5) is 12.1. The number of anilines is 1. The molecule has 2 aromatic heterocycles. The molecule has 0 atom stereocenters. The van der Waals surface area contributed by atoms with Gasteiger partial charge in [0.2, 0.25) is 5.88 Å². The lowest BCUT2D eigenvalue weighted by Crippen LogP contribution is -2.01. The number of rotatable bonds is 4. The lowest BCUT2D eigenvalue weighted by atomic mass is 10.3. The standard InChI is InChI=1S/C11H12N4O/c1-16-11-3-2-9(7-14-11)13-6-10-4-5-12-8-15-10/h2-5,7-8,13H,6H2,1H3. The number of pyridine rings is 1. The average Bonchev–Trinajstić information content (AvgIpc) is 2.38. The van der Waals surface area contributed by atoms with E-state index in [4.69, 9.17) is 4.74 Å². The number of ether oxygens (including phenoxy) is 1. The van der Waals surface area contributed by atoms with Crippen molar-refractivity contribution in [3.8, 4) is 5.88 Å². The number of methoxy groups -OCH3 is 1. The van der Waals surface area contributed by atoms with Gasteiger partial charge < -0.3 is 10.1 Å². The highest BCUT2D eigenvalue weighted by Gasteiger charge is 1.96. The maximum absolute atomic E-state index is 4.97. The highest BCUT2D eigenvalue weighted by Crippen LogP contribution is 2.11. The van der Waals surface area contributed by atoms with Crippen LogP contribution in [0.2, 0.25) is 0 Å². The first-order chi connectivity index (χ1) is 7.88. The van der Waals surface area contributed by atoms with Crippen molar-refractivity contribution in [2.24, 2.45) is 0 Å². The minimum Gasteiger partial charge on any atom is -0.481 e. The molecule has 2 aromatic rings. The van der Waals surface area contributed by atoms with Crippen LogP contribution in [0, 0.1) is 0 Å². The number of aromatic nitrogens is 3. The quantitative estimate of drug-likeness (QED) is 0.839. The predicted molar refractivity (Wildman–Crippen MR) is 60.1 cm³/mol. The maximum Gasteiger partial charge on any atom is 0.213 e. The summed E-state index contributed by atoms with van der Waals surface area (Å²) in [5, 5.41) is 3.20. The molecule has 0 aliphatic heterocycles. The smallest absolute Gasteiger partial charge is 0.213 e. The molecule has 5 heteroatoms. The third-order valence-corrected chi connectivity index (χ3v) is 2.06. The van der Waals surface area contributed by atoms with Gasteiger partial charge in [-0.05, 0) is 12.1 Å². The van der Waals surface area contributed by atoms with Gasteiger partial charge in [0.15, 0.2) is 0 Å². The first kappa shape index (κ1) is 10.4. The molecule has 5 nitrogen and oxygen atoms in total. The molecular weight excluding hydrogens is 204 g/mol. The van der Waals surface area contributed by atoms with Gasteiger partial charge in [0, 0.05) is 12.3 Å². The van der Waals surface area contributed by atoms with Crippen LogP contribution in [0.15, 0.2) is 36.9 Å². The van der Waals surface area contributed by atoms with Crippen LogP contribution in [-0.2, 0) is 6.54 Å². The van der Waals surface area contributed by atoms with Gasteiger partial charge in [-0.2, -0.15) is 0 Å². The first-order valence-corrected chi connectivity index (χ1v) is 4.87. The third kappa shape index (κ3) is 2.66. The van der Waals surface area contributed by atoms with Gasteiger partial charge in [0.25, 0.3) is 0 Å². The van der Waals surface area contributed by atoms with Crippen molar-refractivity contribution in [3.63, 3.8) is 0 Å². The first-order valence-electron chi connectivity index (χ1n) is 4.87. The molecule has 2 heterocycles. The van der Waals surface area contributed by atoms with Crippen LogP contribution in [0.3, 0.4) is 0 Å². The average molecular weight is 216 g/mol. The second-order valence-electron chi connectivity index (χ2n) is 3.14. The molecule has 1 N–H and O–H groups in total. The van der Waals surface area contributed by atoms with Gasteiger partial charge >= 0.3 is 0 Å². The summed E-state index contributed by atoms with van der Waals surface area (Å²) in [5.74, 6) is 0.604. The van der Waals surface area contributed by atoms with Gasteiger partial charge in [-0.25, -0.2) is 15.0 Å². The Kier molecular flexibility index (Phi) is 3.28. The molecule has 2 rings (SSSR count). The molecular formula is C11H12N4O. The summed E-state index contributed by atoms with van der Waals surface area (Å²) < 4.78 is 4.97. The fraction of sp³-hybridized carbons (Fsp3) is 0.182. The van der Waals surface area contributed by atoms with Crippen molar-refractivity contribution in [2.45, 2.75) is 6.54 Å². The summed E-state index contributed by atoms with van der Waals surface area (Å²) in [6.07, 6.45) is 4.97. The SMILES string of the molecule is COc1ccc(NCc2ccncn2)cn1. The molecule has 16 heavy (non-hydrogen) atoms. The molecule has 0 radical (unpaired) electrons. The molecule has 82 valence electrons. The summed E-state index contributed by atoms with van der Waals surface area (Å²) >= 11 is 0. The van der Waals surface area contributed by atoms with E-state index in [9.17, 15) is 0 Å². The molecule has 0 fully saturated rings. The number of nitrogens with one attached hydrogen (secondary N) is 1. The summed E-state index contributed by atoms with van der Waals surface area (Å²) in [6.45, 7) is 0.649. The zero-order chi connectivity index (χ0) is 11.2. The largest absolute Gasteiger partial charge is 0.481 e. The number of hydrogen-bond acceptors (Lipinski definition) is 5. The van der Waals surface area contributed by atoms with Crippen molar-refractivity contribution < 1.29 is 4.74 Å². The van der Waals surface area contributed by atoms with E-state index >= 15 is 0 Å². The lowest BCUT2D eigenvalue weighted by molar-refractivity contribution is 0.398. The molecule has 0 aromatic carbocycles. The van der Waals surface area contributed by atoms with Crippen molar-refractivity contribution in [3.05, 3.63) is 42.6 Å². The van der Waals surface area contributed by atoms with E-state index in [2.05, 4.69) is 20.3 Å². The summed E-state index contributed by atoms with van der Waals surface area (Å²) in [5.41, 5.74) is 1.87. The van der Waals surface area contributed by atoms with Crippen LogP contribution >= 0.6 is 0 Å². The lowest BCUT2D eigenvalue weighted by Gasteiger charge is -2.05. The van der Waals surface area contributed by atoms with Crippen LogP contribution in [0.25, 0.3) is 0 Å². The Balaban J connectivity index is 1.94. The minimum atomic E-state index is 0.604. The zero-order valence-electron chi connectivity index (χ0n) is 8.92. The highest BCUT2D eigenvalue weighted by atomic mass is 16.5. The van der Waals surface area contributed by atoms with Crippen LogP contribution in [0.5, 0.6) is 5.88 Å². The van der Waals surface area contributed by atoms with Gasteiger partial charge in [-0.15, -0.1) is 0 Å². The van der Waals surface area contributed by atoms with Gasteiger partial charge in [0.1, 0.15) is 6.33 Å². The Hall–Kier alpha value is -2.17. The van der Waals surface area contributed by atoms with E-state index in [-0.39, 0.29) is 0 Å². The van der Waals surface area contributed by atoms with Gasteiger partial charge in [-0.3, -0.25) is 0 Å². The van der Waals surface area contributed by atoms with E-state index in [1.54, 1.807) is 19.5 Å². The van der Waals surface area contributed by atoms with Crippen molar-refractivity contribution >= 4 is 5.69 Å². The van der Waals surface area contributed by atoms with E-state index in [1.807, 2.05) is 18.2 Å². The topological polar surface area (TPSA) is 59.9 Å². The Morgan fingerprint density at radius 2 is 2.19 bits per heavy atom. The van der Waals surface area contributed by atoms with E-state index < -0.39 is 0 Å². The molecule has 0 aliphatic rings. The summed E-state index contributed by atoms with van der Waals surface area (Å²) in [6, 6.07) is 5.58. The van der Waals surface area contributed by atoms with E-state index in [1.165, 1.54) is 6.33 Å². The fourth-order valence-electron chi connectivity index (χ4n) is 1.22. The maximum atomic E-state index is 4.97. The Bertz CT molecular complexity index is 429. The predicted octanol–water partition coefficient (Wildman–Crippen LogP) is 1.49. The molecule has 0 saturated heterocycles. The van der Waals surface area contributed by atoms with Crippen LogP contribution < -0.4 is 10.1 Å². The second-order valence-corrected chi connectivity index (χ2v) is 3.14. The Morgan fingerprint density at radius 3 is 2.81 bits per heavy atom. The molecule has 0 aliphatic carbocycles. The highest BCUT2D eigenvalue weighted by molar-refractivity contribution is 5.42. The molecule has 0 saturated carbocycles. The van der Waals surface area contributed by atoms with Crippen molar-refractivity contribution in [1.29, 1.82) is 0 Å². The van der Waals surface area contributed by atoms with Crippen molar-refractivity contribution in [1.82, 2.24) is 15.0 Å². The number of nitrogens with zero attached hydrogens (tertiary/aromatic N) is 3. The monoisotopic (exact) mass is 216 g/mol. The molecule has 0 amide bonds. The van der Waals surface area contributed by atoms with E-state index in [0.717, 1.165) is 11.4 Å². The molecule has 0 unspecified atom stereocenters. The second kappa shape index (κ2) is 5.06. The fourth-order valence-corrected chi connectivity index (χ4v) is 1.22. The zero-order valence-corrected chi connectivity index (χ0v) is 8.92. The van der Waals surface area contributed by atoms with Crippen molar-refractivity contribution in [2.75, 3.05) is 12.4 Å². The van der Waals surface area contributed by atoms with Gasteiger partial charge in [-0.1, -0.05) is 0 Å². The Morgan fingerprint density at radius 1 is 1.25 bits per heavy atom. The summed E-state index contributed by atoms with van der Waals surface area (Å²) in [7, 11) is 1.59. The van der Waals surface area contributed by atoms with E-state index in [0.29, 0.717) is 12.4 Å². The number of hydrogen-bond donors (Lipinski definition) is 1. The molecule has 0 spiro atoms. The Labute approximate surface area is 93.5 Å². The van der Waals surface area contributed by atoms with Crippen LogP contribution in [0.4, 0.5) is 5.69 Å². The third-order valence-electron chi connectivity index (χ3n) is 2.06. The van der Waals surface area contributed by atoms with Crippen LogP contribution in [-0.4, -0.2) is 22.1 Å².